The molecule has 302 valence electrons. The largest absolute Gasteiger partial charge is 0.472 e. The molecule has 1 saturated carbocycles. The first kappa shape index (κ1) is 43.4. The smallest absolute Gasteiger partial charge is 0.289 e. The summed E-state index contributed by atoms with van der Waals surface area (Å²) in [5.74, 6) is -2.32. The van der Waals surface area contributed by atoms with Crippen molar-refractivity contribution < 1.29 is 28.7 Å². The topological polar surface area (TPSA) is 162 Å². The molecule has 13 nitrogen and oxygen atoms in total. The number of rotatable bonds is 19. The Morgan fingerprint density at radius 3 is 2.26 bits per heavy atom. The minimum Gasteiger partial charge on any atom is -0.472 e. The Hall–Kier alpha value is -3.29. The van der Waals surface area contributed by atoms with Crippen LogP contribution in [-0.2, 0) is 24.0 Å². The average molecular weight is 774 g/mol. The molecule has 2 aliphatic heterocycles. The second kappa shape index (κ2) is 20.0. The number of ether oxygens (including phenoxy) is 1. The van der Waals surface area contributed by atoms with Gasteiger partial charge in [-0.05, 0) is 76.1 Å². The first-order valence-corrected chi connectivity index (χ1v) is 20.5. The summed E-state index contributed by atoms with van der Waals surface area (Å²) in [7, 11) is 2.11. The van der Waals surface area contributed by atoms with Crippen LogP contribution in [-0.4, -0.2) is 113 Å². The third-order valence-electron chi connectivity index (χ3n) is 10.8. The SMILES string of the molecule is CCCCCC(C)[C@H](NC1CCN(C)CC1)C(=O)NC(C(=O)N1C[C@H](Oc2ccc(Cl)cn2)CC1C(=O)N[C@H](CCC)C(=O)C(=O)NC1CC1)C(C)(C)C. The van der Waals surface area contributed by atoms with Crippen molar-refractivity contribution in [1.29, 1.82) is 0 Å². The molecule has 0 aromatic carbocycles. The van der Waals surface area contributed by atoms with E-state index in [1.807, 2.05) is 27.7 Å². The second-order valence-electron chi connectivity index (χ2n) is 16.8. The van der Waals surface area contributed by atoms with E-state index in [4.69, 9.17) is 16.3 Å². The molecule has 6 atom stereocenters. The van der Waals surface area contributed by atoms with Crippen molar-refractivity contribution in [2.75, 3.05) is 26.7 Å². The van der Waals surface area contributed by atoms with E-state index in [-0.39, 0.29) is 49.2 Å². The van der Waals surface area contributed by atoms with Crippen molar-refractivity contribution in [1.82, 2.24) is 36.1 Å². The number of amides is 4. The van der Waals surface area contributed by atoms with Gasteiger partial charge in [0.05, 0.1) is 23.7 Å². The van der Waals surface area contributed by atoms with Gasteiger partial charge in [0.15, 0.2) is 0 Å². The standard InChI is InChI=1S/C40H64ClN7O6/c1-8-10-11-13-25(3)33(43-28-18-20-47(7)21-19-28)37(51)46-35(40(4,5)6)39(53)48-24-29(54-32-17-14-26(41)23-42-32)22-31(48)36(50)45-30(12-9-2)34(49)38(52)44-27-15-16-27/h14,17,23,25,27-31,33,35,43H,8-13,15-16,18-22,24H2,1-7H3,(H,44,52)(H,45,50)(H,46,51)/t25?,29-,30-,31?,33+,35?/m1/s1. The van der Waals surface area contributed by atoms with Crippen LogP contribution < -0.4 is 26.0 Å². The third-order valence-corrected chi connectivity index (χ3v) is 11.1. The van der Waals surface area contributed by atoms with E-state index in [1.54, 1.807) is 12.1 Å². The Morgan fingerprint density at radius 2 is 1.67 bits per heavy atom. The highest BCUT2D eigenvalue weighted by Gasteiger charge is 2.47. The Kier molecular flexibility index (Phi) is 16.1. The number of ketones is 1. The Morgan fingerprint density at radius 1 is 0.963 bits per heavy atom. The maximum atomic E-state index is 14.8. The molecule has 3 heterocycles. The van der Waals surface area contributed by atoms with E-state index in [0.29, 0.717) is 11.4 Å². The van der Waals surface area contributed by atoms with Crippen molar-refractivity contribution in [2.24, 2.45) is 11.3 Å². The molecule has 3 fully saturated rings. The van der Waals surface area contributed by atoms with E-state index in [2.05, 4.69) is 52.0 Å². The van der Waals surface area contributed by atoms with Crippen LogP contribution in [0, 0.1) is 11.3 Å². The maximum absolute atomic E-state index is 14.8. The van der Waals surface area contributed by atoms with E-state index < -0.39 is 59.2 Å². The van der Waals surface area contributed by atoms with Crippen LogP contribution in [0.15, 0.2) is 18.3 Å². The summed E-state index contributed by atoms with van der Waals surface area (Å²) in [6.07, 6.45) is 9.33. The lowest BCUT2D eigenvalue weighted by Gasteiger charge is -2.38. The van der Waals surface area contributed by atoms with E-state index in [0.717, 1.165) is 64.5 Å². The van der Waals surface area contributed by atoms with Gasteiger partial charge in [0.2, 0.25) is 29.4 Å². The molecule has 0 bridgehead atoms. The van der Waals surface area contributed by atoms with Gasteiger partial charge in [0, 0.05) is 30.8 Å². The van der Waals surface area contributed by atoms with Crippen LogP contribution in [0.2, 0.25) is 5.02 Å². The number of piperidine rings is 1. The van der Waals surface area contributed by atoms with Crippen molar-refractivity contribution in [3.8, 4) is 5.88 Å². The first-order valence-electron chi connectivity index (χ1n) is 20.1. The molecule has 4 amide bonds. The molecule has 1 aromatic rings. The highest BCUT2D eigenvalue weighted by molar-refractivity contribution is 6.38. The number of likely N-dealkylation sites (tertiary alicyclic amines) is 2. The van der Waals surface area contributed by atoms with Crippen molar-refractivity contribution in [3.05, 3.63) is 23.4 Å². The number of aromatic nitrogens is 1. The molecule has 4 N–H and O–H groups in total. The summed E-state index contributed by atoms with van der Waals surface area (Å²) in [6, 6.07) is -0.117. The molecule has 4 rings (SSSR count). The summed E-state index contributed by atoms with van der Waals surface area (Å²) >= 11 is 6.04. The van der Waals surface area contributed by atoms with Gasteiger partial charge >= 0.3 is 0 Å². The highest BCUT2D eigenvalue weighted by atomic mass is 35.5. The van der Waals surface area contributed by atoms with Crippen LogP contribution in [0.1, 0.15) is 112 Å². The highest BCUT2D eigenvalue weighted by Crippen LogP contribution is 2.29. The minimum absolute atomic E-state index is 0.00945. The summed E-state index contributed by atoms with van der Waals surface area (Å²) < 4.78 is 6.16. The van der Waals surface area contributed by atoms with Crippen LogP contribution >= 0.6 is 11.6 Å². The molecule has 54 heavy (non-hydrogen) atoms. The summed E-state index contributed by atoms with van der Waals surface area (Å²) in [5.41, 5.74) is -0.727. The number of nitrogens with one attached hydrogen (secondary N) is 4. The van der Waals surface area contributed by atoms with Crippen LogP contribution in [0.5, 0.6) is 5.88 Å². The summed E-state index contributed by atoms with van der Waals surface area (Å²) in [5, 5.41) is 12.8. The van der Waals surface area contributed by atoms with Crippen molar-refractivity contribution in [3.63, 3.8) is 0 Å². The van der Waals surface area contributed by atoms with Gasteiger partial charge in [0.1, 0.15) is 18.2 Å². The Labute approximate surface area is 326 Å². The monoisotopic (exact) mass is 773 g/mol. The minimum atomic E-state index is -1.05. The predicted molar refractivity (Wildman–Crippen MR) is 209 cm³/mol. The number of carbonyl (C=O) groups is 5. The fraction of sp³-hybridized carbons (Fsp3) is 0.750. The molecule has 3 unspecified atom stereocenters. The molecular formula is C40H64ClN7O6. The zero-order valence-electron chi connectivity index (χ0n) is 33.4. The maximum Gasteiger partial charge on any atom is 0.289 e. The number of hydrogen-bond acceptors (Lipinski definition) is 9. The fourth-order valence-electron chi connectivity index (χ4n) is 7.30. The van der Waals surface area contributed by atoms with Crippen LogP contribution in [0.25, 0.3) is 0 Å². The summed E-state index contributed by atoms with van der Waals surface area (Å²) in [4.78, 5) is 77.2. The third kappa shape index (κ3) is 12.6. The molecule has 1 aromatic heterocycles. The van der Waals surface area contributed by atoms with Crippen LogP contribution in [0.4, 0.5) is 0 Å². The number of halogens is 1. The lowest BCUT2D eigenvalue weighted by atomic mass is 9.84. The fourth-order valence-corrected chi connectivity index (χ4v) is 7.41. The predicted octanol–water partition coefficient (Wildman–Crippen LogP) is 4.02. The zero-order valence-corrected chi connectivity index (χ0v) is 34.2. The van der Waals surface area contributed by atoms with Gasteiger partial charge in [-0.1, -0.05) is 78.8 Å². The molecule has 3 aliphatic rings. The number of unbranched alkanes of at least 4 members (excludes halogenated alkanes) is 2. The summed E-state index contributed by atoms with van der Waals surface area (Å²) in [6.45, 7) is 13.7. The molecule has 2 saturated heterocycles. The average Bonchev–Trinajstić information content (AvgIpc) is 3.84. The Balaban J connectivity index is 1.58. The van der Waals surface area contributed by atoms with Gasteiger partial charge in [-0.25, -0.2) is 4.98 Å². The number of carbonyl (C=O) groups excluding carboxylic acids is 5. The number of nitrogens with zero attached hydrogens (tertiary/aromatic N) is 3. The first-order chi connectivity index (χ1) is 25.6. The number of pyridine rings is 1. The lowest BCUT2D eigenvalue weighted by Crippen LogP contribution is -2.62. The zero-order chi connectivity index (χ0) is 39.6. The normalized spacial score (nSPS) is 21.8. The van der Waals surface area contributed by atoms with Gasteiger partial charge in [0.25, 0.3) is 5.91 Å². The molecule has 14 heteroatoms. The molecule has 0 radical (unpaired) electrons. The lowest BCUT2D eigenvalue weighted by molar-refractivity contribution is -0.145. The Bertz CT molecular complexity index is 1430. The van der Waals surface area contributed by atoms with E-state index in [1.165, 1.54) is 11.1 Å². The van der Waals surface area contributed by atoms with E-state index >= 15 is 0 Å². The van der Waals surface area contributed by atoms with Crippen molar-refractivity contribution >= 4 is 41.0 Å². The van der Waals surface area contributed by atoms with Gasteiger partial charge in [-0.15, -0.1) is 0 Å². The van der Waals surface area contributed by atoms with Crippen molar-refractivity contribution in [2.45, 2.75) is 155 Å². The number of hydrogen-bond donors (Lipinski definition) is 4. The van der Waals surface area contributed by atoms with Gasteiger partial charge in [-0.3, -0.25) is 24.0 Å². The number of Topliss-reactive ketones (excluding diaryl/α,β-unsaturated/α-hetero) is 1. The molecular weight excluding hydrogens is 710 g/mol. The van der Waals surface area contributed by atoms with Gasteiger partial charge in [-0.2, -0.15) is 0 Å². The van der Waals surface area contributed by atoms with Crippen LogP contribution in [0.3, 0.4) is 0 Å². The quantitative estimate of drug-likeness (QED) is 0.120. The molecule has 0 spiro atoms. The second-order valence-corrected chi connectivity index (χ2v) is 17.2. The van der Waals surface area contributed by atoms with Gasteiger partial charge < -0.3 is 35.8 Å². The molecule has 1 aliphatic carbocycles. The van der Waals surface area contributed by atoms with E-state index in [9.17, 15) is 24.0 Å².